The number of benzene rings is 2. The van der Waals surface area contributed by atoms with E-state index in [1.807, 2.05) is 30.3 Å². The first-order valence-electron chi connectivity index (χ1n) is 10.8. The van der Waals surface area contributed by atoms with Crippen LogP contribution in [0.2, 0.25) is 0 Å². The standard InChI is InChI=1S/C24H27N3O7S/c1-15(2)22(26-23(31)17-8-10-18(11-9-17)27(33)34)24(32)25-19(12-21(29)30)20(28)14-35-13-16-6-4-3-5-7-16/h3-11,15,19,22H,12-14H2,1-2H3,(H,25,32)(H,26,31)(H,29,30)/t19?,22-/m0/s1. The molecule has 0 bridgehead atoms. The summed E-state index contributed by atoms with van der Waals surface area (Å²) in [6.07, 6.45) is -0.586. The van der Waals surface area contributed by atoms with Gasteiger partial charge in [0, 0.05) is 23.4 Å². The lowest BCUT2D eigenvalue weighted by Crippen LogP contribution is -2.54. The van der Waals surface area contributed by atoms with Crippen molar-refractivity contribution < 1.29 is 29.2 Å². The molecule has 3 N–H and O–H groups in total. The van der Waals surface area contributed by atoms with Gasteiger partial charge in [0.2, 0.25) is 5.91 Å². The molecule has 2 amide bonds. The molecule has 2 atom stereocenters. The first-order chi connectivity index (χ1) is 16.6. The number of hydrogen-bond donors (Lipinski definition) is 3. The number of nitro groups is 1. The molecule has 2 rings (SSSR count). The zero-order valence-electron chi connectivity index (χ0n) is 19.3. The number of Topliss-reactive ketones (excluding diaryl/α,β-unsaturated/α-hetero) is 1. The minimum absolute atomic E-state index is 0.00855. The van der Waals surface area contributed by atoms with Crippen molar-refractivity contribution >= 4 is 41.0 Å². The molecule has 0 fully saturated rings. The van der Waals surface area contributed by atoms with E-state index in [9.17, 15) is 34.4 Å². The van der Waals surface area contributed by atoms with E-state index in [4.69, 9.17) is 0 Å². The van der Waals surface area contributed by atoms with Crippen LogP contribution in [0.15, 0.2) is 54.6 Å². The highest BCUT2D eigenvalue weighted by molar-refractivity contribution is 7.99. The molecule has 0 aliphatic heterocycles. The Morgan fingerprint density at radius 2 is 1.63 bits per heavy atom. The average Bonchev–Trinajstić information content (AvgIpc) is 2.82. The molecule has 186 valence electrons. The number of rotatable bonds is 13. The van der Waals surface area contributed by atoms with Gasteiger partial charge in [0.25, 0.3) is 11.6 Å². The Labute approximate surface area is 206 Å². The summed E-state index contributed by atoms with van der Waals surface area (Å²) in [6.45, 7) is 3.37. The van der Waals surface area contributed by atoms with Crippen LogP contribution >= 0.6 is 11.8 Å². The maximum absolute atomic E-state index is 12.9. The number of nitrogens with zero attached hydrogens (tertiary/aromatic N) is 1. The Morgan fingerprint density at radius 1 is 1.00 bits per heavy atom. The Kier molecular flexibility index (Phi) is 10.4. The molecular weight excluding hydrogens is 474 g/mol. The van der Waals surface area contributed by atoms with Crippen molar-refractivity contribution in [1.82, 2.24) is 10.6 Å². The van der Waals surface area contributed by atoms with Crippen molar-refractivity contribution in [3.8, 4) is 0 Å². The smallest absolute Gasteiger partial charge is 0.305 e. The number of thioether (sulfide) groups is 1. The molecule has 0 aliphatic rings. The molecule has 2 aromatic rings. The number of non-ortho nitro benzene ring substituents is 1. The minimum Gasteiger partial charge on any atom is -0.481 e. The second-order valence-corrected chi connectivity index (χ2v) is 9.09. The number of carbonyl (C=O) groups excluding carboxylic acids is 3. The third-order valence-corrected chi connectivity index (χ3v) is 6.04. The first kappa shape index (κ1) is 27.5. The van der Waals surface area contributed by atoms with E-state index in [-0.39, 0.29) is 22.9 Å². The van der Waals surface area contributed by atoms with Crippen molar-refractivity contribution in [2.24, 2.45) is 5.92 Å². The predicted octanol–water partition coefficient (Wildman–Crippen LogP) is 2.81. The second-order valence-electron chi connectivity index (χ2n) is 8.10. The van der Waals surface area contributed by atoms with Gasteiger partial charge in [0.15, 0.2) is 5.78 Å². The number of aliphatic carboxylic acids is 1. The summed E-state index contributed by atoms with van der Waals surface area (Å²) >= 11 is 1.31. The lowest BCUT2D eigenvalue weighted by Gasteiger charge is -2.24. The molecule has 1 unspecified atom stereocenters. The van der Waals surface area contributed by atoms with Gasteiger partial charge in [0.05, 0.1) is 23.1 Å². The number of amides is 2. The quantitative estimate of drug-likeness (QED) is 0.279. The lowest BCUT2D eigenvalue weighted by atomic mass is 10.0. The van der Waals surface area contributed by atoms with Gasteiger partial charge in [-0.15, -0.1) is 11.8 Å². The molecule has 0 aromatic heterocycles. The Hall–Kier alpha value is -3.73. The molecule has 0 radical (unpaired) electrons. The molecule has 2 aromatic carbocycles. The van der Waals surface area contributed by atoms with Crippen molar-refractivity contribution in [3.05, 3.63) is 75.8 Å². The molecule has 0 spiro atoms. The summed E-state index contributed by atoms with van der Waals surface area (Å²) in [5.74, 6) is -2.82. The van der Waals surface area contributed by atoms with Gasteiger partial charge in [-0.2, -0.15) is 0 Å². The predicted molar refractivity (Wildman–Crippen MR) is 131 cm³/mol. The van der Waals surface area contributed by atoms with Crippen LogP contribution in [0, 0.1) is 16.0 Å². The van der Waals surface area contributed by atoms with Crippen LogP contribution in [0.25, 0.3) is 0 Å². The zero-order valence-corrected chi connectivity index (χ0v) is 20.1. The van der Waals surface area contributed by atoms with Crippen molar-refractivity contribution in [2.45, 2.75) is 38.1 Å². The maximum atomic E-state index is 12.9. The fraction of sp³-hybridized carbons (Fsp3) is 0.333. The summed E-state index contributed by atoms with van der Waals surface area (Å²) in [6, 6.07) is 12.0. The van der Waals surface area contributed by atoms with Crippen LogP contribution in [0.4, 0.5) is 5.69 Å². The van der Waals surface area contributed by atoms with Crippen LogP contribution in [0.1, 0.15) is 36.2 Å². The van der Waals surface area contributed by atoms with Crippen molar-refractivity contribution in [1.29, 1.82) is 0 Å². The van der Waals surface area contributed by atoms with Gasteiger partial charge in [-0.25, -0.2) is 0 Å². The van der Waals surface area contributed by atoms with E-state index < -0.39 is 47.0 Å². The molecule has 11 heteroatoms. The number of ketones is 1. The van der Waals surface area contributed by atoms with Gasteiger partial charge < -0.3 is 15.7 Å². The average molecular weight is 502 g/mol. The van der Waals surface area contributed by atoms with E-state index >= 15 is 0 Å². The van der Waals surface area contributed by atoms with E-state index in [0.29, 0.717) is 5.75 Å². The Morgan fingerprint density at radius 3 is 2.17 bits per heavy atom. The summed E-state index contributed by atoms with van der Waals surface area (Å²) in [5, 5.41) is 25.0. The van der Waals surface area contributed by atoms with Crippen molar-refractivity contribution in [2.75, 3.05) is 5.75 Å². The Bertz CT molecular complexity index is 1060. The van der Waals surface area contributed by atoms with Gasteiger partial charge in [-0.05, 0) is 23.6 Å². The highest BCUT2D eigenvalue weighted by Gasteiger charge is 2.30. The second kappa shape index (κ2) is 13.2. The van der Waals surface area contributed by atoms with Gasteiger partial charge >= 0.3 is 5.97 Å². The number of hydrogen-bond acceptors (Lipinski definition) is 7. The summed E-state index contributed by atoms with van der Waals surface area (Å²) in [7, 11) is 0. The number of carboxylic acid groups (broad SMARTS) is 1. The van der Waals surface area contributed by atoms with E-state index in [0.717, 1.165) is 5.56 Å². The Balaban J connectivity index is 2.03. The molecular formula is C24H27N3O7S. The molecule has 0 heterocycles. The van der Waals surface area contributed by atoms with E-state index in [1.165, 1.54) is 36.0 Å². The highest BCUT2D eigenvalue weighted by Crippen LogP contribution is 2.15. The normalized spacial score (nSPS) is 12.4. The number of nitro benzene ring substituents is 1. The fourth-order valence-corrected chi connectivity index (χ4v) is 4.05. The van der Waals surface area contributed by atoms with E-state index in [1.54, 1.807) is 13.8 Å². The van der Waals surface area contributed by atoms with Crippen LogP contribution in [-0.2, 0) is 20.1 Å². The van der Waals surface area contributed by atoms with Crippen LogP contribution in [0.3, 0.4) is 0 Å². The lowest BCUT2D eigenvalue weighted by molar-refractivity contribution is -0.384. The number of carboxylic acids is 1. The summed E-state index contributed by atoms with van der Waals surface area (Å²) in [4.78, 5) is 59.7. The molecule has 35 heavy (non-hydrogen) atoms. The topological polar surface area (TPSA) is 156 Å². The zero-order chi connectivity index (χ0) is 26.0. The number of nitrogens with one attached hydrogen (secondary N) is 2. The van der Waals surface area contributed by atoms with Crippen molar-refractivity contribution in [3.63, 3.8) is 0 Å². The van der Waals surface area contributed by atoms with Crippen LogP contribution in [0.5, 0.6) is 0 Å². The van der Waals surface area contributed by atoms with E-state index in [2.05, 4.69) is 10.6 Å². The number of carbonyl (C=O) groups is 4. The third kappa shape index (κ3) is 8.85. The molecule has 0 saturated heterocycles. The summed E-state index contributed by atoms with van der Waals surface area (Å²) in [5.41, 5.74) is 0.947. The first-order valence-corrected chi connectivity index (χ1v) is 12.0. The fourth-order valence-electron chi connectivity index (χ4n) is 3.12. The van der Waals surface area contributed by atoms with Gasteiger partial charge in [0.1, 0.15) is 6.04 Å². The SMILES string of the molecule is CC(C)[C@H](NC(=O)c1ccc([N+](=O)[O-])cc1)C(=O)NC(CC(=O)O)C(=O)CSCc1ccccc1. The van der Waals surface area contributed by atoms with Crippen LogP contribution < -0.4 is 10.6 Å². The maximum Gasteiger partial charge on any atom is 0.305 e. The van der Waals surface area contributed by atoms with Gasteiger partial charge in [-0.3, -0.25) is 29.3 Å². The minimum atomic E-state index is -1.25. The van der Waals surface area contributed by atoms with Crippen LogP contribution in [-0.4, -0.2) is 51.4 Å². The molecule has 0 saturated carbocycles. The summed E-state index contributed by atoms with van der Waals surface area (Å²) < 4.78 is 0. The third-order valence-electron chi connectivity index (χ3n) is 5.02. The monoisotopic (exact) mass is 501 g/mol. The molecule has 10 nitrogen and oxygen atoms in total. The largest absolute Gasteiger partial charge is 0.481 e. The molecule has 0 aliphatic carbocycles. The van der Waals surface area contributed by atoms with Gasteiger partial charge in [-0.1, -0.05) is 44.2 Å². The highest BCUT2D eigenvalue weighted by atomic mass is 32.2.